The molecular formula is C21H26O6S. The topological polar surface area (TPSA) is 89.9 Å². The van der Waals surface area contributed by atoms with Crippen LogP contribution in [0.3, 0.4) is 0 Å². The Morgan fingerprint density at radius 1 is 1.11 bits per heavy atom. The smallest absolute Gasteiger partial charge is 0.325 e. The zero-order valence-electron chi connectivity index (χ0n) is 16.3. The number of rotatable bonds is 10. The fourth-order valence-electron chi connectivity index (χ4n) is 2.78. The minimum atomic E-state index is -4.18. The molecule has 0 saturated heterocycles. The summed E-state index contributed by atoms with van der Waals surface area (Å²) in [5.41, 5.74) is 0.542. The number of carboxylic acids is 1. The molecule has 1 N–H and O–H groups in total. The van der Waals surface area contributed by atoms with E-state index >= 15 is 0 Å². The zero-order chi connectivity index (χ0) is 20.8. The first kappa shape index (κ1) is 21.8. The fraction of sp³-hybridized carbons (Fsp3) is 0.381. The van der Waals surface area contributed by atoms with Crippen LogP contribution >= 0.6 is 0 Å². The highest BCUT2D eigenvalue weighted by Gasteiger charge is 2.48. The van der Waals surface area contributed by atoms with Crippen LogP contribution in [0.4, 0.5) is 0 Å². The number of benzene rings is 2. The van der Waals surface area contributed by atoms with Crippen LogP contribution in [0.1, 0.15) is 32.3 Å². The summed E-state index contributed by atoms with van der Waals surface area (Å²) in [6.45, 7) is 3.76. The van der Waals surface area contributed by atoms with Crippen LogP contribution in [0.2, 0.25) is 0 Å². The average Bonchev–Trinajstić information content (AvgIpc) is 2.69. The van der Waals surface area contributed by atoms with Crippen LogP contribution < -0.4 is 9.47 Å². The van der Waals surface area contributed by atoms with E-state index < -0.39 is 20.6 Å². The van der Waals surface area contributed by atoms with Crippen molar-refractivity contribution in [2.75, 3.05) is 13.7 Å². The summed E-state index contributed by atoms with van der Waals surface area (Å²) in [5, 5.41) is 9.85. The van der Waals surface area contributed by atoms with E-state index in [1.807, 2.05) is 6.92 Å². The quantitative estimate of drug-likeness (QED) is 0.605. The van der Waals surface area contributed by atoms with Gasteiger partial charge in [-0.1, -0.05) is 31.5 Å². The summed E-state index contributed by atoms with van der Waals surface area (Å²) in [7, 11) is -2.70. The summed E-state index contributed by atoms with van der Waals surface area (Å²) >= 11 is 0. The third kappa shape index (κ3) is 4.47. The van der Waals surface area contributed by atoms with Gasteiger partial charge in [-0.3, -0.25) is 4.79 Å². The number of hydrogen-bond acceptors (Lipinski definition) is 5. The third-order valence-electron chi connectivity index (χ3n) is 4.67. The highest BCUT2D eigenvalue weighted by molar-refractivity contribution is 7.93. The van der Waals surface area contributed by atoms with Crippen LogP contribution in [0.5, 0.6) is 11.5 Å². The molecule has 0 bridgehead atoms. The van der Waals surface area contributed by atoms with Crippen LogP contribution in [0.25, 0.3) is 0 Å². The van der Waals surface area contributed by atoms with Crippen molar-refractivity contribution in [3.8, 4) is 11.5 Å². The number of carbonyl (C=O) groups is 1. The van der Waals surface area contributed by atoms with E-state index in [2.05, 4.69) is 0 Å². The fourth-order valence-corrected chi connectivity index (χ4v) is 4.37. The Kier molecular flexibility index (Phi) is 7.07. The van der Waals surface area contributed by atoms with E-state index in [9.17, 15) is 18.3 Å². The molecule has 0 aliphatic heterocycles. The SMILES string of the molecule is CCCCOc1ccccc1CC(C)(C(=O)O)S(=O)(=O)c1ccc(OC)cc1. The molecule has 1 atom stereocenters. The molecule has 6 nitrogen and oxygen atoms in total. The number of methoxy groups -OCH3 is 1. The number of para-hydroxylation sites is 1. The lowest BCUT2D eigenvalue weighted by molar-refractivity contribution is -0.139. The van der Waals surface area contributed by atoms with E-state index in [-0.39, 0.29) is 11.3 Å². The molecule has 0 fully saturated rings. The second kappa shape index (κ2) is 9.10. The molecule has 2 aromatic carbocycles. The number of aliphatic carboxylic acids is 1. The van der Waals surface area contributed by atoms with Crippen molar-refractivity contribution >= 4 is 15.8 Å². The Morgan fingerprint density at radius 2 is 1.75 bits per heavy atom. The molecule has 28 heavy (non-hydrogen) atoms. The molecule has 1 unspecified atom stereocenters. The van der Waals surface area contributed by atoms with Crippen molar-refractivity contribution in [3.63, 3.8) is 0 Å². The molecular weight excluding hydrogens is 380 g/mol. The lowest BCUT2D eigenvalue weighted by atomic mass is 9.99. The number of ether oxygens (including phenoxy) is 2. The normalized spacial score (nSPS) is 13.5. The molecule has 0 heterocycles. The maximum atomic E-state index is 13.2. The molecule has 0 radical (unpaired) electrons. The predicted octanol–water partition coefficient (Wildman–Crippen LogP) is 3.73. The molecule has 0 aromatic heterocycles. The monoisotopic (exact) mass is 406 g/mol. The molecule has 0 spiro atoms. The molecule has 0 aliphatic carbocycles. The van der Waals surface area contributed by atoms with Gasteiger partial charge in [-0.25, -0.2) is 8.42 Å². The number of sulfone groups is 1. The van der Waals surface area contributed by atoms with Gasteiger partial charge in [-0.05, 0) is 49.2 Å². The van der Waals surface area contributed by atoms with E-state index in [0.717, 1.165) is 12.8 Å². The largest absolute Gasteiger partial charge is 0.497 e. The minimum Gasteiger partial charge on any atom is -0.497 e. The summed E-state index contributed by atoms with van der Waals surface area (Å²) in [5.74, 6) is -0.411. The summed E-state index contributed by atoms with van der Waals surface area (Å²) in [6.07, 6.45) is 1.61. The Labute approximate surface area is 166 Å². The molecule has 152 valence electrons. The molecule has 7 heteroatoms. The Hall–Kier alpha value is -2.54. The average molecular weight is 407 g/mol. The van der Waals surface area contributed by atoms with Gasteiger partial charge in [-0.2, -0.15) is 0 Å². The first-order valence-electron chi connectivity index (χ1n) is 9.09. The maximum absolute atomic E-state index is 13.2. The molecule has 0 amide bonds. The van der Waals surface area contributed by atoms with Crippen LogP contribution in [0, 0.1) is 0 Å². The highest BCUT2D eigenvalue weighted by atomic mass is 32.2. The van der Waals surface area contributed by atoms with Crippen molar-refractivity contribution in [1.29, 1.82) is 0 Å². The molecule has 2 rings (SSSR count). The van der Waals surface area contributed by atoms with Crippen LogP contribution in [-0.2, 0) is 21.1 Å². The summed E-state index contributed by atoms with van der Waals surface area (Å²) in [4.78, 5) is 12.0. The van der Waals surface area contributed by atoms with E-state index in [1.165, 1.54) is 38.3 Å². The van der Waals surface area contributed by atoms with E-state index in [4.69, 9.17) is 9.47 Å². The first-order valence-corrected chi connectivity index (χ1v) is 10.6. The second-order valence-electron chi connectivity index (χ2n) is 6.70. The molecule has 0 aliphatic rings. The van der Waals surface area contributed by atoms with Gasteiger partial charge in [0.25, 0.3) is 0 Å². The Morgan fingerprint density at radius 3 is 2.32 bits per heavy atom. The Balaban J connectivity index is 2.42. The van der Waals surface area contributed by atoms with Crippen molar-refractivity contribution in [2.24, 2.45) is 0 Å². The van der Waals surface area contributed by atoms with Gasteiger partial charge in [-0.15, -0.1) is 0 Å². The number of hydrogen-bond donors (Lipinski definition) is 1. The molecule has 0 saturated carbocycles. The summed E-state index contributed by atoms with van der Waals surface area (Å²) < 4.78 is 35.2. The lowest BCUT2D eigenvalue weighted by Crippen LogP contribution is -2.45. The van der Waals surface area contributed by atoms with E-state index in [0.29, 0.717) is 23.7 Å². The maximum Gasteiger partial charge on any atom is 0.325 e. The van der Waals surface area contributed by atoms with Gasteiger partial charge in [0.1, 0.15) is 11.5 Å². The number of unbranched alkanes of at least 4 members (excludes halogenated alkanes) is 1. The van der Waals surface area contributed by atoms with Crippen LogP contribution in [0.15, 0.2) is 53.4 Å². The van der Waals surface area contributed by atoms with Gasteiger partial charge in [0, 0.05) is 6.42 Å². The van der Waals surface area contributed by atoms with Crippen molar-refractivity contribution in [1.82, 2.24) is 0 Å². The summed E-state index contributed by atoms with van der Waals surface area (Å²) in [6, 6.07) is 12.7. The van der Waals surface area contributed by atoms with Gasteiger partial charge < -0.3 is 14.6 Å². The standard InChI is InChI=1S/C21H26O6S/c1-4-5-14-27-19-9-7-6-8-16(19)15-21(2,20(22)23)28(24,25)18-12-10-17(26-3)11-13-18/h6-13H,4-5,14-15H2,1-3H3,(H,22,23). The van der Waals surface area contributed by atoms with Crippen LogP contribution in [-0.4, -0.2) is 38.0 Å². The second-order valence-corrected chi connectivity index (χ2v) is 9.08. The Bertz CT molecular complexity index is 905. The molecule has 2 aromatic rings. The third-order valence-corrected chi connectivity index (χ3v) is 7.07. The van der Waals surface area contributed by atoms with Gasteiger partial charge >= 0.3 is 5.97 Å². The minimum absolute atomic E-state index is 0.0671. The van der Waals surface area contributed by atoms with Gasteiger partial charge in [0.15, 0.2) is 14.6 Å². The highest BCUT2D eigenvalue weighted by Crippen LogP contribution is 2.33. The lowest BCUT2D eigenvalue weighted by Gasteiger charge is -2.26. The number of carboxylic acid groups (broad SMARTS) is 1. The van der Waals surface area contributed by atoms with Gasteiger partial charge in [0.2, 0.25) is 0 Å². The zero-order valence-corrected chi connectivity index (χ0v) is 17.2. The van der Waals surface area contributed by atoms with E-state index in [1.54, 1.807) is 24.3 Å². The van der Waals surface area contributed by atoms with Crippen molar-refractivity contribution < 1.29 is 27.8 Å². The first-order chi connectivity index (χ1) is 13.3. The van der Waals surface area contributed by atoms with Gasteiger partial charge in [0.05, 0.1) is 18.6 Å². The predicted molar refractivity (Wildman–Crippen MR) is 107 cm³/mol. The van der Waals surface area contributed by atoms with Crippen molar-refractivity contribution in [3.05, 3.63) is 54.1 Å². The van der Waals surface area contributed by atoms with Crippen molar-refractivity contribution in [2.45, 2.75) is 42.8 Å².